The fourth-order valence-corrected chi connectivity index (χ4v) is 5.24. The highest BCUT2D eigenvalue weighted by Gasteiger charge is 2.30. The summed E-state index contributed by atoms with van der Waals surface area (Å²) in [6, 6.07) is 16.6. The summed E-state index contributed by atoms with van der Waals surface area (Å²) in [4.78, 5) is 0. The van der Waals surface area contributed by atoms with E-state index in [0.717, 1.165) is 57.8 Å². The van der Waals surface area contributed by atoms with Crippen molar-refractivity contribution in [2.45, 2.75) is 32.9 Å². The van der Waals surface area contributed by atoms with E-state index < -0.39 is 0 Å². The van der Waals surface area contributed by atoms with E-state index in [1.165, 1.54) is 27.8 Å². The van der Waals surface area contributed by atoms with E-state index in [0.29, 0.717) is 6.61 Å². The minimum Gasteiger partial charge on any atom is -0.493 e. The van der Waals surface area contributed by atoms with Crippen molar-refractivity contribution in [1.82, 2.24) is 0 Å². The molecule has 0 atom stereocenters. The molecule has 3 aromatic carbocycles. The quantitative estimate of drug-likeness (QED) is 0.261. The number of hydrogen-bond acceptors (Lipinski definition) is 4. The smallest absolute Gasteiger partial charge is 0.216 e. The second-order valence-corrected chi connectivity index (χ2v) is 9.51. The molecule has 0 saturated heterocycles. The van der Waals surface area contributed by atoms with E-state index in [1.807, 2.05) is 18.2 Å². The molecule has 0 aliphatic carbocycles. The minimum atomic E-state index is 0.464. The first-order valence-electron chi connectivity index (χ1n) is 11.8. The predicted molar refractivity (Wildman–Crippen MR) is 141 cm³/mol. The number of rotatable bonds is 7. The molecule has 6 heteroatoms. The lowest BCUT2D eigenvalue weighted by Crippen LogP contribution is -2.41. The molecule has 5 nitrogen and oxygen atoms in total. The molecule has 0 spiro atoms. The third kappa shape index (κ3) is 4.20. The number of aromatic nitrogens is 1. The van der Waals surface area contributed by atoms with Gasteiger partial charge in [0.1, 0.15) is 6.61 Å². The fraction of sp³-hybridized carbons (Fsp3) is 0.276. The summed E-state index contributed by atoms with van der Waals surface area (Å²) in [5.74, 6) is 3.03. The lowest BCUT2D eigenvalue weighted by Gasteiger charge is -2.22. The number of pyridine rings is 1. The van der Waals surface area contributed by atoms with Crippen molar-refractivity contribution in [2.75, 3.05) is 21.3 Å². The summed E-state index contributed by atoms with van der Waals surface area (Å²) in [6.07, 6.45) is 4.02. The molecule has 1 aliphatic heterocycles. The van der Waals surface area contributed by atoms with Crippen LogP contribution in [-0.2, 0) is 26.0 Å². The molecular formula is C29H29BrNO4+. The van der Waals surface area contributed by atoms with Crippen LogP contribution in [-0.4, -0.2) is 21.3 Å². The van der Waals surface area contributed by atoms with Crippen molar-refractivity contribution in [3.63, 3.8) is 0 Å². The van der Waals surface area contributed by atoms with Crippen LogP contribution in [0.5, 0.6) is 23.0 Å². The van der Waals surface area contributed by atoms with Gasteiger partial charge < -0.3 is 18.9 Å². The van der Waals surface area contributed by atoms with Gasteiger partial charge in [0, 0.05) is 21.8 Å². The largest absolute Gasteiger partial charge is 0.493 e. The number of methoxy groups -OCH3 is 3. The van der Waals surface area contributed by atoms with Gasteiger partial charge in [-0.15, -0.1) is 0 Å². The van der Waals surface area contributed by atoms with Crippen LogP contribution in [0.3, 0.4) is 0 Å². The normalized spacial score (nSPS) is 12.1. The average molecular weight is 535 g/mol. The van der Waals surface area contributed by atoms with Gasteiger partial charge in [-0.2, -0.15) is 4.57 Å². The zero-order chi connectivity index (χ0) is 24.5. The van der Waals surface area contributed by atoms with E-state index in [-0.39, 0.29) is 0 Å². The molecule has 0 unspecified atom stereocenters. The molecule has 180 valence electrons. The van der Waals surface area contributed by atoms with E-state index in [9.17, 15) is 0 Å². The predicted octanol–water partition coefficient (Wildman–Crippen LogP) is 6.28. The summed E-state index contributed by atoms with van der Waals surface area (Å²) in [5, 5.41) is 2.24. The third-order valence-electron chi connectivity index (χ3n) is 6.70. The molecule has 0 bridgehead atoms. The molecule has 5 rings (SSSR count). The highest BCUT2D eigenvalue weighted by atomic mass is 79.9. The molecule has 4 aromatic rings. The summed E-state index contributed by atoms with van der Waals surface area (Å²) in [5.41, 5.74) is 6.08. The molecular weight excluding hydrogens is 506 g/mol. The molecule has 1 aliphatic rings. The van der Waals surface area contributed by atoms with Gasteiger partial charge in [0.15, 0.2) is 35.7 Å². The topological polar surface area (TPSA) is 40.8 Å². The maximum Gasteiger partial charge on any atom is 0.216 e. The lowest BCUT2D eigenvalue weighted by molar-refractivity contribution is -0.686. The Kier molecular flexibility index (Phi) is 6.56. The molecule has 2 heterocycles. The van der Waals surface area contributed by atoms with Gasteiger partial charge in [-0.05, 0) is 53.9 Å². The van der Waals surface area contributed by atoms with Gasteiger partial charge in [-0.1, -0.05) is 35.0 Å². The van der Waals surface area contributed by atoms with Crippen LogP contribution in [0.1, 0.15) is 23.6 Å². The van der Waals surface area contributed by atoms with Crippen molar-refractivity contribution in [2.24, 2.45) is 0 Å². The summed E-state index contributed by atoms with van der Waals surface area (Å²) in [7, 11) is 5.06. The van der Waals surface area contributed by atoms with Gasteiger partial charge >= 0.3 is 0 Å². The number of fused-ring (bicyclic) bond motifs is 4. The first kappa shape index (κ1) is 23.5. The Morgan fingerprint density at radius 1 is 0.857 bits per heavy atom. The Morgan fingerprint density at radius 2 is 1.57 bits per heavy atom. The van der Waals surface area contributed by atoms with Gasteiger partial charge in [0.25, 0.3) is 0 Å². The molecule has 1 aromatic heterocycles. The number of halogens is 1. The Hall–Kier alpha value is -3.25. The van der Waals surface area contributed by atoms with E-state index in [2.05, 4.69) is 63.9 Å². The zero-order valence-corrected chi connectivity index (χ0v) is 22.1. The SMILES string of the molecule is CCc1c2[n+](cc3c(OCc4ccc(Br)cc4)c(OC)ccc13)CCc1cc(OC)c(OC)cc1-2. The van der Waals surface area contributed by atoms with Gasteiger partial charge in [-0.3, -0.25) is 0 Å². The Labute approximate surface area is 214 Å². The Balaban J connectivity index is 1.67. The standard InChI is InChI=1S/C29H29BrNO4/c1-5-21-22-10-11-25(32-2)29(35-17-18-6-8-20(30)9-7-18)24(22)16-31-13-12-19-14-26(33-3)27(34-4)15-23(19)28(21)31/h6-11,14-16H,5,12-13,17H2,1-4H3/q+1. The van der Waals surface area contributed by atoms with Crippen LogP contribution in [0.4, 0.5) is 0 Å². The number of aryl methyl sites for hydroxylation is 3. The van der Waals surface area contributed by atoms with Crippen LogP contribution >= 0.6 is 15.9 Å². The summed E-state index contributed by atoms with van der Waals surface area (Å²) in [6.45, 7) is 3.55. The van der Waals surface area contributed by atoms with E-state index in [1.54, 1.807) is 21.3 Å². The average Bonchev–Trinajstić information content (AvgIpc) is 2.90. The third-order valence-corrected chi connectivity index (χ3v) is 7.23. The number of benzene rings is 3. The van der Waals surface area contributed by atoms with Crippen molar-refractivity contribution in [3.05, 3.63) is 75.9 Å². The van der Waals surface area contributed by atoms with Crippen LogP contribution < -0.4 is 23.5 Å². The first-order chi connectivity index (χ1) is 17.1. The first-order valence-corrected chi connectivity index (χ1v) is 12.6. The second-order valence-electron chi connectivity index (χ2n) is 8.59. The van der Waals surface area contributed by atoms with Gasteiger partial charge in [0.2, 0.25) is 5.69 Å². The highest BCUT2D eigenvalue weighted by Crippen LogP contribution is 2.42. The molecule has 0 radical (unpaired) electrons. The molecule has 0 saturated carbocycles. The molecule has 35 heavy (non-hydrogen) atoms. The fourth-order valence-electron chi connectivity index (χ4n) is 4.98. The molecule has 0 fully saturated rings. The zero-order valence-electron chi connectivity index (χ0n) is 20.5. The van der Waals surface area contributed by atoms with Gasteiger partial charge in [-0.25, -0.2) is 0 Å². The number of hydrogen-bond donors (Lipinski definition) is 0. The maximum absolute atomic E-state index is 6.40. The molecule has 0 N–H and O–H groups in total. The molecule has 0 amide bonds. The van der Waals surface area contributed by atoms with Crippen molar-refractivity contribution in [3.8, 4) is 34.3 Å². The van der Waals surface area contributed by atoms with Crippen LogP contribution in [0, 0.1) is 0 Å². The monoisotopic (exact) mass is 534 g/mol. The van der Waals surface area contributed by atoms with Crippen LogP contribution in [0.15, 0.2) is 59.2 Å². The van der Waals surface area contributed by atoms with Crippen LogP contribution in [0.25, 0.3) is 22.0 Å². The van der Waals surface area contributed by atoms with E-state index in [4.69, 9.17) is 18.9 Å². The van der Waals surface area contributed by atoms with Gasteiger partial charge in [0.05, 0.1) is 32.3 Å². The lowest BCUT2D eigenvalue weighted by atomic mass is 9.90. The number of ether oxygens (including phenoxy) is 4. The summed E-state index contributed by atoms with van der Waals surface area (Å²) >= 11 is 3.50. The second kappa shape index (κ2) is 9.78. The van der Waals surface area contributed by atoms with E-state index >= 15 is 0 Å². The van der Waals surface area contributed by atoms with Crippen molar-refractivity contribution in [1.29, 1.82) is 0 Å². The Morgan fingerprint density at radius 3 is 2.26 bits per heavy atom. The van der Waals surface area contributed by atoms with Crippen molar-refractivity contribution >= 4 is 26.7 Å². The minimum absolute atomic E-state index is 0.464. The highest BCUT2D eigenvalue weighted by molar-refractivity contribution is 9.10. The Bertz CT molecular complexity index is 1400. The number of nitrogens with zero attached hydrogens (tertiary/aromatic N) is 1. The summed E-state index contributed by atoms with van der Waals surface area (Å²) < 4.78 is 26.7. The maximum atomic E-state index is 6.40. The van der Waals surface area contributed by atoms with Crippen LogP contribution in [0.2, 0.25) is 0 Å². The van der Waals surface area contributed by atoms with Crippen molar-refractivity contribution < 1.29 is 23.5 Å².